The van der Waals surface area contributed by atoms with E-state index in [0.29, 0.717) is 25.3 Å². The molecule has 0 radical (unpaired) electrons. The maximum absolute atomic E-state index is 12.3. The summed E-state index contributed by atoms with van der Waals surface area (Å²) in [6.07, 6.45) is -0.274. The summed E-state index contributed by atoms with van der Waals surface area (Å²) in [5.74, 6) is -0.284. The van der Waals surface area contributed by atoms with Crippen LogP contribution in [0.5, 0.6) is 0 Å². The van der Waals surface area contributed by atoms with Crippen molar-refractivity contribution in [3.05, 3.63) is 137 Å². The third-order valence-corrected chi connectivity index (χ3v) is 8.30. The molecule has 43 heavy (non-hydrogen) atoms. The standard InChI is InChI=1S/C34H34N2O6S/c37-21-25-8-10-26(11-9-25)31-18-29(22-43-30-16-14-27(15-17-30)32(38)39)41-33(42-31)28-12-6-24(7-13-28)20-36-34(40)35-19-23-4-2-1-3-5-23/h1-17,29,31,33,37H,18-22H2,(H,38,39)(H2,35,36,40)/t29-,31+,33+/m0/s1. The van der Waals surface area contributed by atoms with Crippen LogP contribution in [-0.2, 0) is 29.2 Å². The van der Waals surface area contributed by atoms with Crippen molar-refractivity contribution < 1.29 is 29.3 Å². The van der Waals surface area contributed by atoms with Gasteiger partial charge in [-0.15, -0.1) is 11.8 Å². The topological polar surface area (TPSA) is 117 Å². The van der Waals surface area contributed by atoms with Crippen molar-refractivity contribution >= 4 is 23.8 Å². The molecule has 1 saturated heterocycles. The SMILES string of the molecule is O=C(NCc1ccccc1)NCc1ccc([C@@H]2O[C@H](CSc3ccc(C(=O)O)cc3)C[C@H](c3ccc(CO)cc3)O2)cc1. The van der Waals surface area contributed by atoms with Crippen LogP contribution in [0.4, 0.5) is 4.79 Å². The van der Waals surface area contributed by atoms with Crippen molar-refractivity contribution in [1.82, 2.24) is 10.6 Å². The number of hydrogen-bond donors (Lipinski definition) is 4. The van der Waals surface area contributed by atoms with E-state index < -0.39 is 12.3 Å². The number of thioether (sulfide) groups is 1. The first-order valence-electron chi connectivity index (χ1n) is 14.1. The number of carbonyl (C=O) groups excluding carboxylic acids is 1. The van der Waals surface area contributed by atoms with E-state index >= 15 is 0 Å². The number of rotatable bonds is 11. The zero-order valence-corrected chi connectivity index (χ0v) is 24.3. The van der Waals surface area contributed by atoms with Gasteiger partial charge in [0.25, 0.3) is 0 Å². The van der Waals surface area contributed by atoms with E-state index in [2.05, 4.69) is 10.6 Å². The lowest BCUT2D eigenvalue weighted by molar-refractivity contribution is -0.245. The van der Waals surface area contributed by atoms with Gasteiger partial charge in [0.2, 0.25) is 0 Å². The molecule has 4 N–H and O–H groups in total. The van der Waals surface area contributed by atoms with Gasteiger partial charge in [-0.05, 0) is 46.5 Å². The quantitative estimate of drug-likeness (QED) is 0.152. The molecule has 0 spiro atoms. The fraction of sp³-hybridized carbons (Fsp3) is 0.235. The molecule has 0 bridgehead atoms. The molecule has 4 aromatic carbocycles. The van der Waals surface area contributed by atoms with Crippen molar-refractivity contribution in [3.8, 4) is 0 Å². The van der Waals surface area contributed by atoms with Crippen molar-refractivity contribution in [2.75, 3.05) is 5.75 Å². The monoisotopic (exact) mass is 598 g/mol. The Morgan fingerprint density at radius 2 is 1.35 bits per heavy atom. The number of urea groups is 1. The second kappa shape index (κ2) is 14.8. The van der Waals surface area contributed by atoms with Crippen LogP contribution in [0.1, 0.15) is 57.0 Å². The number of ether oxygens (including phenoxy) is 2. The normalized spacial score (nSPS) is 18.1. The molecule has 222 valence electrons. The van der Waals surface area contributed by atoms with Gasteiger partial charge in [0.05, 0.1) is 24.4 Å². The Bertz CT molecular complexity index is 1480. The molecule has 8 nitrogen and oxygen atoms in total. The van der Waals surface area contributed by atoms with Crippen LogP contribution < -0.4 is 10.6 Å². The van der Waals surface area contributed by atoms with Gasteiger partial charge in [0.1, 0.15) is 0 Å². The number of carboxylic acids is 1. The predicted molar refractivity (Wildman–Crippen MR) is 165 cm³/mol. The largest absolute Gasteiger partial charge is 0.478 e. The second-order valence-corrected chi connectivity index (χ2v) is 11.3. The molecule has 4 aromatic rings. The summed E-state index contributed by atoms with van der Waals surface area (Å²) in [7, 11) is 0. The molecule has 5 rings (SSSR count). The van der Waals surface area contributed by atoms with E-state index in [9.17, 15) is 19.8 Å². The summed E-state index contributed by atoms with van der Waals surface area (Å²) < 4.78 is 12.8. The smallest absolute Gasteiger partial charge is 0.335 e. The van der Waals surface area contributed by atoms with Gasteiger partial charge in [-0.1, -0.05) is 78.9 Å². The lowest BCUT2D eigenvalue weighted by atomic mass is 10.0. The fourth-order valence-corrected chi connectivity index (χ4v) is 5.64. The van der Waals surface area contributed by atoms with E-state index in [1.165, 1.54) is 0 Å². The molecule has 0 unspecified atom stereocenters. The number of hydrogen-bond acceptors (Lipinski definition) is 6. The van der Waals surface area contributed by atoms with Crippen LogP contribution in [0.25, 0.3) is 0 Å². The zero-order chi connectivity index (χ0) is 30.0. The number of benzene rings is 4. The number of amides is 2. The first-order valence-corrected chi connectivity index (χ1v) is 15.1. The van der Waals surface area contributed by atoms with Crippen molar-refractivity contribution in [2.45, 2.75) is 49.5 Å². The van der Waals surface area contributed by atoms with Crippen molar-refractivity contribution in [2.24, 2.45) is 0 Å². The molecule has 1 aliphatic rings. The van der Waals surface area contributed by atoms with Gasteiger partial charge in [0, 0.05) is 35.7 Å². The fourth-order valence-electron chi connectivity index (χ4n) is 4.72. The van der Waals surface area contributed by atoms with Gasteiger partial charge in [-0.3, -0.25) is 0 Å². The molecule has 2 amide bonds. The molecule has 1 heterocycles. The lowest BCUT2D eigenvalue weighted by Crippen LogP contribution is -2.34. The molecule has 0 aliphatic carbocycles. The number of carbonyl (C=O) groups is 2. The lowest BCUT2D eigenvalue weighted by Gasteiger charge is -2.36. The van der Waals surface area contributed by atoms with Gasteiger partial charge in [0.15, 0.2) is 6.29 Å². The Morgan fingerprint density at radius 1 is 0.744 bits per heavy atom. The number of carboxylic acid groups (broad SMARTS) is 1. The van der Waals surface area contributed by atoms with Crippen LogP contribution in [0.2, 0.25) is 0 Å². The Hall–Kier alpha value is -4.15. The van der Waals surface area contributed by atoms with Gasteiger partial charge in [-0.25, -0.2) is 9.59 Å². The minimum Gasteiger partial charge on any atom is -0.478 e. The molecule has 0 saturated carbocycles. The second-order valence-electron chi connectivity index (χ2n) is 10.3. The Kier molecular flexibility index (Phi) is 10.5. The predicted octanol–water partition coefficient (Wildman–Crippen LogP) is 6.21. The Morgan fingerprint density at radius 3 is 1.98 bits per heavy atom. The molecular formula is C34H34N2O6S. The average Bonchev–Trinajstić information content (AvgIpc) is 3.06. The molecule has 0 aromatic heterocycles. The van der Waals surface area contributed by atoms with Crippen molar-refractivity contribution in [1.29, 1.82) is 0 Å². The zero-order valence-electron chi connectivity index (χ0n) is 23.5. The Balaban J connectivity index is 1.22. The van der Waals surface area contributed by atoms with Crippen LogP contribution in [-0.4, -0.2) is 34.1 Å². The van der Waals surface area contributed by atoms with Crippen LogP contribution in [0.15, 0.2) is 108 Å². The van der Waals surface area contributed by atoms with E-state index in [1.54, 1.807) is 23.9 Å². The highest BCUT2D eigenvalue weighted by Gasteiger charge is 2.32. The highest BCUT2D eigenvalue weighted by atomic mass is 32.2. The maximum Gasteiger partial charge on any atom is 0.335 e. The summed E-state index contributed by atoms with van der Waals surface area (Å²) in [4.78, 5) is 24.4. The summed E-state index contributed by atoms with van der Waals surface area (Å²) in [6, 6.07) is 31.9. The number of aliphatic hydroxyl groups excluding tert-OH is 1. The first-order chi connectivity index (χ1) is 21.0. The summed E-state index contributed by atoms with van der Waals surface area (Å²) >= 11 is 1.61. The number of aliphatic hydroxyl groups is 1. The number of nitrogens with one attached hydrogen (secondary N) is 2. The minimum absolute atomic E-state index is 0.0205. The highest BCUT2D eigenvalue weighted by molar-refractivity contribution is 7.99. The average molecular weight is 599 g/mol. The van der Waals surface area contributed by atoms with E-state index in [-0.39, 0.29) is 30.4 Å². The molecule has 1 aliphatic heterocycles. The maximum atomic E-state index is 12.3. The summed E-state index contributed by atoms with van der Waals surface area (Å²) in [5, 5.41) is 24.4. The van der Waals surface area contributed by atoms with Gasteiger partial charge in [-0.2, -0.15) is 0 Å². The van der Waals surface area contributed by atoms with E-state index in [0.717, 1.165) is 32.7 Å². The third-order valence-electron chi connectivity index (χ3n) is 7.15. The molecule has 1 fully saturated rings. The first kappa shape index (κ1) is 30.3. The summed E-state index contributed by atoms with van der Waals surface area (Å²) in [5.41, 5.74) is 4.95. The van der Waals surface area contributed by atoms with Crippen LogP contribution in [0, 0.1) is 0 Å². The summed E-state index contributed by atoms with van der Waals surface area (Å²) in [6.45, 7) is 0.819. The van der Waals surface area contributed by atoms with Gasteiger partial charge < -0.3 is 30.3 Å². The Labute approximate surface area is 255 Å². The molecular weight excluding hydrogens is 564 g/mol. The minimum atomic E-state index is -0.949. The van der Waals surface area contributed by atoms with Crippen LogP contribution in [0.3, 0.4) is 0 Å². The number of aromatic carboxylic acids is 1. The molecule has 3 atom stereocenters. The molecule has 9 heteroatoms. The third kappa shape index (κ3) is 8.68. The van der Waals surface area contributed by atoms with Crippen molar-refractivity contribution in [3.63, 3.8) is 0 Å². The van der Waals surface area contributed by atoms with E-state index in [1.807, 2.05) is 91.0 Å². The van der Waals surface area contributed by atoms with E-state index in [4.69, 9.17) is 9.47 Å². The highest BCUT2D eigenvalue weighted by Crippen LogP contribution is 2.39. The van der Waals surface area contributed by atoms with Gasteiger partial charge >= 0.3 is 12.0 Å². The van der Waals surface area contributed by atoms with Crippen LogP contribution >= 0.6 is 11.8 Å².